The van der Waals surface area contributed by atoms with Gasteiger partial charge < -0.3 is 9.32 Å². The Bertz CT molecular complexity index is 502. The van der Waals surface area contributed by atoms with Gasteiger partial charge in [0.05, 0.1) is 12.1 Å². The first-order valence-corrected chi connectivity index (χ1v) is 7.68. The fraction of sp³-hybridized carbons (Fsp3) is 0.667. The van der Waals surface area contributed by atoms with E-state index in [1.54, 1.807) is 6.07 Å². The second kappa shape index (κ2) is 6.17. The minimum Gasteiger partial charge on any atom is -0.467 e. The van der Waals surface area contributed by atoms with Crippen LogP contribution >= 0.6 is 0 Å². The van der Waals surface area contributed by atoms with E-state index in [4.69, 9.17) is 10.3 Å². The third-order valence-corrected chi connectivity index (χ3v) is 4.86. The summed E-state index contributed by atoms with van der Waals surface area (Å²) >= 11 is 0. The van der Waals surface area contributed by atoms with E-state index in [0.717, 1.165) is 37.4 Å². The second-order valence-electron chi connectivity index (χ2n) is 6.25. The van der Waals surface area contributed by atoms with E-state index >= 15 is 0 Å². The number of rotatable bonds is 3. The first-order valence-electron chi connectivity index (χ1n) is 7.68. The number of nitrogen functional groups attached to an aromatic ring is 1. The van der Waals surface area contributed by atoms with Crippen molar-refractivity contribution in [2.45, 2.75) is 31.8 Å². The maximum atomic E-state index is 11.4. The van der Waals surface area contributed by atoms with Crippen LogP contribution < -0.4 is 11.3 Å². The summed E-state index contributed by atoms with van der Waals surface area (Å²) in [5.74, 6) is 6.41. The number of amides is 1. The number of piperidine rings is 2. The van der Waals surface area contributed by atoms with Gasteiger partial charge in [0.15, 0.2) is 0 Å². The normalized spacial score (nSPS) is 27.3. The first-order chi connectivity index (χ1) is 10.2. The summed E-state index contributed by atoms with van der Waals surface area (Å²) in [6.45, 7) is 4.21. The molecule has 116 valence electrons. The molecule has 2 aliphatic rings. The molecule has 0 aliphatic carbocycles. The Balaban J connectivity index is 1.59. The number of carbonyl (C=O) groups is 1. The predicted molar refractivity (Wildman–Crippen MR) is 79.4 cm³/mol. The van der Waals surface area contributed by atoms with Gasteiger partial charge in [0.25, 0.3) is 5.91 Å². The summed E-state index contributed by atoms with van der Waals surface area (Å²) in [7, 11) is 2.25. The maximum Gasteiger partial charge on any atom is 0.268 e. The van der Waals surface area contributed by atoms with E-state index in [0.29, 0.717) is 5.56 Å². The molecule has 0 spiro atoms. The van der Waals surface area contributed by atoms with Crippen molar-refractivity contribution in [2.75, 3.05) is 26.7 Å². The van der Waals surface area contributed by atoms with Crippen LogP contribution in [0.3, 0.4) is 0 Å². The van der Waals surface area contributed by atoms with E-state index in [2.05, 4.69) is 22.3 Å². The molecule has 3 rings (SSSR count). The van der Waals surface area contributed by atoms with Gasteiger partial charge in [-0.25, -0.2) is 5.84 Å². The van der Waals surface area contributed by atoms with Gasteiger partial charge >= 0.3 is 0 Å². The number of hydrogen-bond donors (Lipinski definition) is 2. The van der Waals surface area contributed by atoms with E-state index in [1.807, 2.05) is 0 Å². The summed E-state index contributed by atoms with van der Waals surface area (Å²) in [4.78, 5) is 16.4. The topological polar surface area (TPSA) is 74.7 Å². The van der Waals surface area contributed by atoms with Crippen LogP contribution in [0.1, 0.15) is 35.4 Å². The van der Waals surface area contributed by atoms with Crippen molar-refractivity contribution >= 4 is 5.91 Å². The first kappa shape index (κ1) is 14.6. The molecule has 21 heavy (non-hydrogen) atoms. The Morgan fingerprint density at radius 3 is 3.14 bits per heavy atom. The fourth-order valence-corrected chi connectivity index (χ4v) is 3.76. The Morgan fingerprint density at radius 2 is 2.33 bits per heavy atom. The molecule has 3 heterocycles. The number of fused-ring (bicyclic) bond motifs is 1. The zero-order valence-corrected chi connectivity index (χ0v) is 12.5. The number of hydrogen-bond acceptors (Lipinski definition) is 5. The van der Waals surface area contributed by atoms with Crippen molar-refractivity contribution < 1.29 is 9.21 Å². The van der Waals surface area contributed by atoms with E-state index in [1.165, 1.54) is 32.1 Å². The van der Waals surface area contributed by atoms with Gasteiger partial charge in [-0.3, -0.25) is 15.1 Å². The van der Waals surface area contributed by atoms with Crippen molar-refractivity contribution in [3.63, 3.8) is 0 Å². The molecule has 1 amide bonds. The quantitative estimate of drug-likeness (QED) is 0.490. The molecule has 2 atom stereocenters. The Kier molecular flexibility index (Phi) is 4.28. The highest BCUT2D eigenvalue weighted by molar-refractivity contribution is 5.93. The number of carbonyl (C=O) groups excluding carboxylic acids is 1. The molecule has 6 heteroatoms. The number of nitrogens with one attached hydrogen (secondary N) is 1. The summed E-state index contributed by atoms with van der Waals surface area (Å²) in [6.07, 6.45) is 5.31. The highest BCUT2D eigenvalue weighted by Gasteiger charge is 2.34. The van der Waals surface area contributed by atoms with Crippen LogP contribution in [0.15, 0.2) is 16.7 Å². The lowest BCUT2D eigenvalue weighted by atomic mass is 9.84. The van der Waals surface area contributed by atoms with E-state index in [9.17, 15) is 4.79 Å². The van der Waals surface area contributed by atoms with E-state index < -0.39 is 0 Å². The molecule has 6 nitrogen and oxygen atoms in total. The minimum atomic E-state index is -0.308. The maximum absolute atomic E-state index is 11.4. The predicted octanol–water partition coefficient (Wildman–Crippen LogP) is 0.799. The third kappa shape index (κ3) is 3.12. The van der Waals surface area contributed by atoms with Crippen LogP contribution in [0, 0.1) is 5.92 Å². The molecule has 2 saturated heterocycles. The van der Waals surface area contributed by atoms with Crippen LogP contribution in [0.5, 0.6) is 0 Å². The fourth-order valence-electron chi connectivity index (χ4n) is 3.76. The van der Waals surface area contributed by atoms with Crippen LogP contribution in [0.2, 0.25) is 0 Å². The zero-order valence-electron chi connectivity index (χ0n) is 12.5. The van der Waals surface area contributed by atoms with Gasteiger partial charge in [-0.1, -0.05) is 0 Å². The summed E-state index contributed by atoms with van der Waals surface area (Å²) in [6, 6.07) is 2.52. The molecular formula is C15H24N4O2. The number of hydrazine groups is 1. The van der Waals surface area contributed by atoms with Gasteiger partial charge in [0, 0.05) is 19.1 Å². The van der Waals surface area contributed by atoms with Crippen LogP contribution in [0.25, 0.3) is 0 Å². The van der Waals surface area contributed by atoms with Gasteiger partial charge in [0.1, 0.15) is 12.0 Å². The summed E-state index contributed by atoms with van der Waals surface area (Å²) in [5, 5.41) is 0. The molecule has 2 aliphatic heterocycles. The monoisotopic (exact) mass is 292 g/mol. The highest BCUT2D eigenvalue weighted by atomic mass is 16.3. The van der Waals surface area contributed by atoms with Crippen molar-refractivity contribution in [2.24, 2.45) is 11.8 Å². The van der Waals surface area contributed by atoms with Crippen molar-refractivity contribution in [1.82, 2.24) is 15.2 Å². The lowest BCUT2D eigenvalue weighted by Crippen LogP contribution is -2.52. The lowest BCUT2D eigenvalue weighted by Gasteiger charge is -2.45. The average Bonchev–Trinajstić information content (AvgIpc) is 2.95. The van der Waals surface area contributed by atoms with Gasteiger partial charge in [0.2, 0.25) is 0 Å². The van der Waals surface area contributed by atoms with Crippen molar-refractivity contribution in [1.29, 1.82) is 0 Å². The molecule has 3 N–H and O–H groups in total. The zero-order chi connectivity index (χ0) is 14.8. The average molecular weight is 292 g/mol. The van der Waals surface area contributed by atoms with Crippen LogP contribution in [-0.4, -0.2) is 48.4 Å². The molecule has 0 radical (unpaired) electrons. The van der Waals surface area contributed by atoms with Crippen molar-refractivity contribution in [3.05, 3.63) is 23.7 Å². The van der Waals surface area contributed by atoms with Gasteiger partial charge in [-0.2, -0.15) is 0 Å². The number of furan rings is 1. The standard InChI is InChI=1S/C15H24N4O2/c1-18-5-2-3-11-8-19(6-4-14(11)18)9-13-7-12(10-21-13)15(20)17-16/h7,10-11,14H,2-6,8-9,16H2,1H3,(H,17,20). The minimum absolute atomic E-state index is 0.308. The second-order valence-corrected chi connectivity index (χ2v) is 6.25. The Morgan fingerprint density at radius 1 is 1.48 bits per heavy atom. The Hall–Kier alpha value is -1.37. The number of likely N-dealkylation sites (tertiary alicyclic amines) is 2. The Labute approximate surface area is 125 Å². The molecular weight excluding hydrogens is 268 g/mol. The number of nitrogens with zero attached hydrogens (tertiary/aromatic N) is 2. The molecule has 0 saturated carbocycles. The molecule has 1 aromatic rings. The summed E-state index contributed by atoms with van der Waals surface area (Å²) in [5.41, 5.74) is 2.61. The molecule has 2 fully saturated rings. The van der Waals surface area contributed by atoms with Crippen LogP contribution in [-0.2, 0) is 6.54 Å². The van der Waals surface area contributed by atoms with Crippen molar-refractivity contribution in [3.8, 4) is 0 Å². The smallest absolute Gasteiger partial charge is 0.268 e. The van der Waals surface area contributed by atoms with Crippen LogP contribution in [0.4, 0.5) is 0 Å². The summed E-state index contributed by atoms with van der Waals surface area (Å²) < 4.78 is 5.48. The highest BCUT2D eigenvalue weighted by Crippen LogP contribution is 2.30. The van der Waals surface area contributed by atoms with Gasteiger partial charge in [-0.15, -0.1) is 0 Å². The van der Waals surface area contributed by atoms with Gasteiger partial charge in [-0.05, 0) is 44.8 Å². The molecule has 0 aromatic carbocycles. The largest absolute Gasteiger partial charge is 0.467 e. The molecule has 0 bridgehead atoms. The SMILES string of the molecule is CN1CCCC2CN(Cc3cc(C(=O)NN)co3)CCC21. The number of nitrogens with two attached hydrogens (primary N) is 1. The van der Waals surface area contributed by atoms with E-state index in [-0.39, 0.29) is 5.91 Å². The third-order valence-electron chi connectivity index (χ3n) is 4.86. The molecule has 1 aromatic heterocycles. The lowest BCUT2D eigenvalue weighted by molar-refractivity contribution is 0.0330. The molecule has 2 unspecified atom stereocenters.